The van der Waals surface area contributed by atoms with Crippen LogP contribution in [-0.4, -0.2) is 40.8 Å². The Labute approximate surface area is 122 Å². The number of amides is 2. The summed E-state index contributed by atoms with van der Waals surface area (Å²) in [5.41, 5.74) is 6.10. The standard InChI is InChI=1S/C13H17ClN4O2/c1-8(13(20)18-4-2-3-5-18)17-12(19)10-6-9(15)7-16-11(10)14/h6-8H,2-5,15H2,1H3,(H,17,19). The van der Waals surface area contributed by atoms with Crippen molar-refractivity contribution < 1.29 is 9.59 Å². The molecule has 0 bridgehead atoms. The highest BCUT2D eigenvalue weighted by molar-refractivity contribution is 6.32. The molecular formula is C13H17ClN4O2. The molecule has 0 spiro atoms. The summed E-state index contributed by atoms with van der Waals surface area (Å²) in [6, 6.07) is 0.843. The minimum absolute atomic E-state index is 0.0671. The first-order chi connectivity index (χ1) is 9.49. The lowest BCUT2D eigenvalue weighted by Gasteiger charge is -2.21. The number of nitrogens with zero attached hydrogens (tertiary/aromatic N) is 2. The van der Waals surface area contributed by atoms with Crippen LogP contribution in [0.4, 0.5) is 5.69 Å². The maximum atomic E-state index is 12.1. The van der Waals surface area contributed by atoms with E-state index in [1.54, 1.807) is 11.8 Å². The van der Waals surface area contributed by atoms with Crippen LogP contribution in [0.3, 0.4) is 0 Å². The number of halogens is 1. The van der Waals surface area contributed by atoms with Gasteiger partial charge in [0.15, 0.2) is 0 Å². The minimum Gasteiger partial charge on any atom is -0.397 e. The number of rotatable bonds is 3. The Kier molecular flexibility index (Phi) is 4.44. The van der Waals surface area contributed by atoms with Crippen LogP contribution in [0.25, 0.3) is 0 Å². The van der Waals surface area contributed by atoms with Crippen LogP contribution in [0, 0.1) is 0 Å². The molecule has 2 rings (SSSR count). The van der Waals surface area contributed by atoms with Crippen molar-refractivity contribution in [3.8, 4) is 0 Å². The van der Waals surface area contributed by atoms with Gasteiger partial charge in [0, 0.05) is 13.1 Å². The molecule has 1 aromatic heterocycles. The average molecular weight is 297 g/mol. The van der Waals surface area contributed by atoms with Crippen LogP contribution in [0.15, 0.2) is 12.3 Å². The lowest BCUT2D eigenvalue weighted by Crippen LogP contribution is -2.46. The number of likely N-dealkylation sites (tertiary alicyclic amines) is 1. The van der Waals surface area contributed by atoms with Crippen LogP contribution in [0.1, 0.15) is 30.1 Å². The van der Waals surface area contributed by atoms with E-state index in [2.05, 4.69) is 10.3 Å². The highest BCUT2D eigenvalue weighted by atomic mass is 35.5. The molecule has 1 unspecified atom stereocenters. The molecule has 108 valence electrons. The molecule has 1 aliphatic heterocycles. The Morgan fingerprint density at radius 1 is 1.45 bits per heavy atom. The van der Waals surface area contributed by atoms with E-state index in [-0.39, 0.29) is 16.6 Å². The first kappa shape index (κ1) is 14.6. The van der Waals surface area contributed by atoms with Crippen molar-refractivity contribution in [1.82, 2.24) is 15.2 Å². The smallest absolute Gasteiger partial charge is 0.255 e. The molecule has 1 aliphatic rings. The lowest BCUT2D eigenvalue weighted by molar-refractivity contribution is -0.131. The molecule has 1 saturated heterocycles. The second-order valence-corrected chi connectivity index (χ2v) is 5.19. The number of nitrogen functional groups attached to an aromatic ring is 1. The second kappa shape index (κ2) is 6.09. The van der Waals surface area contributed by atoms with Gasteiger partial charge in [0.2, 0.25) is 5.91 Å². The fourth-order valence-electron chi connectivity index (χ4n) is 2.17. The minimum atomic E-state index is -0.599. The molecule has 1 fully saturated rings. The van der Waals surface area contributed by atoms with E-state index in [0.29, 0.717) is 5.69 Å². The number of nitrogens with one attached hydrogen (secondary N) is 1. The van der Waals surface area contributed by atoms with Crippen molar-refractivity contribution in [2.45, 2.75) is 25.8 Å². The van der Waals surface area contributed by atoms with Gasteiger partial charge in [-0.05, 0) is 25.8 Å². The third kappa shape index (κ3) is 3.19. The molecule has 0 radical (unpaired) electrons. The highest BCUT2D eigenvalue weighted by Gasteiger charge is 2.25. The maximum absolute atomic E-state index is 12.1. The van der Waals surface area contributed by atoms with Crippen molar-refractivity contribution in [2.75, 3.05) is 18.8 Å². The van der Waals surface area contributed by atoms with Gasteiger partial charge in [-0.1, -0.05) is 11.6 Å². The second-order valence-electron chi connectivity index (χ2n) is 4.83. The Balaban J connectivity index is 2.03. The lowest BCUT2D eigenvalue weighted by atomic mass is 10.2. The molecule has 7 heteroatoms. The Bertz CT molecular complexity index is 529. The van der Waals surface area contributed by atoms with Gasteiger partial charge in [0.25, 0.3) is 5.91 Å². The molecular weight excluding hydrogens is 280 g/mol. The number of aromatic nitrogens is 1. The van der Waals surface area contributed by atoms with E-state index in [9.17, 15) is 9.59 Å². The van der Waals surface area contributed by atoms with Gasteiger partial charge in [0.05, 0.1) is 17.4 Å². The number of carbonyl (C=O) groups excluding carboxylic acids is 2. The van der Waals surface area contributed by atoms with Crippen molar-refractivity contribution in [2.24, 2.45) is 0 Å². The Morgan fingerprint density at radius 3 is 2.75 bits per heavy atom. The van der Waals surface area contributed by atoms with Gasteiger partial charge in [-0.15, -0.1) is 0 Å². The first-order valence-corrected chi connectivity index (χ1v) is 6.87. The van der Waals surface area contributed by atoms with Crippen molar-refractivity contribution in [3.05, 3.63) is 23.0 Å². The van der Waals surface area contributed by atoms with Crippen molar-refractivity contribution in [1.29, 1.82) is 0 Å². The fourth-order valence-corrected chi connectivity index (χ4v) is 2.36. The van der Waals surface area contributed by atoms with Crippen LogP contribution in [0.5, 0.6) is 0 Å². The Morgan fingerprint density at radius 2 is 2.10 bits per heavy atom. The summed E-state index contributed by atoms with van der Waals surface area (Å²) >= 11 is 5.86. The van der Waals surface area contributed by atoms with Crippen molar-refractivity contribution in [3.63, 3.8) is 0 Å². The fraction of sp³-hybridized carbons (Fsp3) is 0.462. The number of nitrogens with two attached hydrogens (primary N) is 1. The predicted octanol–water partition coefficient (Wildman–Crippen LogP) is 1.06. The normalized spacial score (nSPS) is 16.0. The topological polar surface area (TPSA) is 88.3 Å². The molecule has 3 N–H and O–H groups in total. The zero-order valence-corrected chi connectivity index (χ0v) is 12.0. The van der Waals surface area contributed by atoms with E-state index in [4.69, 9.17) is 17.3 Å². The average Bonchev–Trinajstić information content (AvgIpc) is 2.94. The Hall–Kier alpha value is -1.82. The molecule has 0 aromatic carbocycles. The summed E-state index contributed by atoms with van der Waals surface area (Å²) in [5, 5.41) is 2.70. The molecule has 6 nitrogen and oxygen atoms in total. The zero-order chi connectivity index (χ0) is 14.7. The predicted molar refractivity (Wildman–Crippen MR) is 76.4 cm³/mol. The van der Waals surface area contributed by atoms with Crippen LogP contribution >= 0.6 is 11.6 Å². The van der Waals surface area contributed by atoms with Crippen LogP contribution < -0.4 is 11.1 Å². The third-order valence-corrected chi connectivity index (χ3v) is 3.54. The van der Waals surface area contributed by atoms with E-state index >= 15 is 0 Å². The largest absolute Gasteiger partial charge is 0.397 e. The number of pyridine rings is 1. The maximum Gasteiger partial charge on any atom is 0.255 e. The van der Waals surface area contributed by atoms with E-state index in [1.165, 1.54) is 12.3 Å². The van der Waals surface area contributed by atoms with Crippen molar-refractivity contribution >= 4 is 29.1 Å². The molecule has 2 amide bonds. The summed E-state index contributed by atoms with van der Waals surface area (Å²) < 4.78 is 0. The SMILES string of the molecule is CC(NC(=O)c1cc(N)cnc1Cl)C(=O)N1CCCC1. The van der Waals surface area contributed by atoms with E-state index in [1.807, 2.05) is 0 Å². The number of hydrogen-bond donors (Lipinski definition) is 2. The summed E-state index contributed by atoms with van der Waals surface area (Å²) in [5.74, 6) is -0.529. The van der Waals surface area contributed by atoms with Gasteiger partial charge in [-0.3, -0.25) is 9.59 Å². The van der Waals surface area contributed by atoms with Gasteiger partial charge < -0.3 is 16.0 Å². The van der Waals surface area contributed by atoms with E-state index in [0.717, 1.165) is 25.9 Å². The van der Waals surface area contributed by atoms with E-state index < -0.39 is 11.9 Å². The molecule has 1 atom stereocenters. The van der Waals surface area contributed by atoms with Gasteiger partial charge >= 0.3 is 0 Å². The summed E-state index contributed by atoms with van der Waals surface area (Å²) in [4.78, 5) is 29.8. The third-order valence-electron chi connectivity index (χ3n) is 3.24. The molecule has 20 heavy (non-hydrogen) atoms. The number of carbonyl (C=O) groups is 2. The van der Waals surface area contributed by atoms with Crippen LogP contribution in [-0.2, 0) is 4.79 Å². The molecule has 0 saturated carbocycles. The summed E-state index contributed by atoms with van der Waals surface area (Å²) in [6.45, 7) is 3.16. The molecule has 0 aliphatic carbocycles. The van der Waals surface area contributed by atoms with Gasteiger partial charge in [-0.2, -0.15) is 0 Å². The van der Waals surface area contributed by atoms with Crippen LogP contribution in [0.2, 0.25) is 5.15 Å². The number of anilines is 1. The van der Waals surface area contributed by atoms with Gasteiger partial charge in [-0.25, -0.2) is 4.98 Å². The first-order valence-electron chi connectivity index (χ1n) is 6.49. The summed E-state index contributed by atoms with van der Waals surface area (Å²) in [6.07, 6.45) is 3.40. The highest BCUT2D eigenvalue weighted by Crippen LogP contribution is 2.16. The summed E-state index contributed by atoms with van der Waals surface area (Å²) in [7, 11) is 0. The monoisotopic (exact) mass is 296 g/mol. The molecule has 1 aromatic rings. The number of hydrogen-bond acceptors (Lipinski definition) is 4. The zero-order valence-electron chi connectivity index (χ0n) is 11.2. The quantitative estimate of drug-likeness (QED) is 0.816. The molecule has 2 heterocycles. The van der Waals surface area contributed by atoms with Gasteiger partial charge in [0.1, 0.15) is 11.2 Å².